The Hall–Kier alpha value is -2.56. The summed E-state index contributed by atoms with van der Waals surface area (Å²) >= 11 is 0. The van der Waals surface area contributed by atoms with Crippen LogP contribution in [0.5, 0.6) is 0 Å². The van der Waals surface area contributed by atoms with E-state index in [1.165, 1.54) is 29.8 Å². The highest BCUT2D eigenvalue weighted by Crippen LogP contribution is 2.25. The van der Waals surface area contributed by atoms with Gasteiger partial charge in [0.25, 0.3) is 0 Å². The fourth-order valence-electron chi connectivity index (χ4n) is 2.38. The zero-order valence-corrected chi connectivity index (χ0v) is 11.4. The van der Waals surface area contributed by atoms with Gasteiger partial charge in [-0.15, -0.1) is 0 Å². The van der Waals surface area contributed by atoms with Crippen LogP contribution >= 0.6 is 0 Å². The van der Waals surface area contributed by atoms with Gasteiger partial charge in [0.15, 0.2) is 0 Å². The van der Waals surface area contributed by atoms with Gasteiger partial charge in [0.2, 0.25) is 0 Å². The van der Waals surface area contributed by atoms with Crippen LogP contribution < -0.4 is 16.0 Å². The summed E-state index contributed by atoms with van der Waals surface area (Å²) in [4.78, 5) is 11.9. The van der Waals surface area contributed by atoms with Gasteiger partial charge in [0.05, 0.1) is 0 Å². The number of carbonyl (C=O) groups is 1. The Morgan fingerprint density at radius 2 is 1.76 bits per heavy atom. The van der Waals surface area contributed by atoms with Crippen molar-refractivity contribution in [3.63, 3.8) is 0 Å². The zero-order valence-electron chi connectivity index (χ0n) is 11.4. The Morgan fingerprint density at radius 1 is 1.05 bits per heavy atom. The summed E-state index contributed by atoms with van der Waals surface area (Å²) in [5.74, 6) is -0.330. The van der Waals surface area contributed by atoms with E-state index in [2.05, 4.69) is 16.0 Å². The second-order valence-corrected chi connectivity index (χ2v) is 4.99. The van der Waals surface area contributed by atoms with Crippen molar-refractivity contribution in [3.05, 3.63) is 53.8 Å². The molecule has 2 aromatic carbocycles. The molecule has 1 aliphatic heterocycles. The summed E-state index contributed by atoms with van der Waals surface area (Å²) in [6, 6.07) is 11.1. The molecule has 108 valence electrons. The molecule has 21 heavy (non-hydrogen) atoms. The molecule has 1 aliphatic rings. The largest absolute Gasteiger partial charge is 0.385 e. The fourth-order valence-corrected chi connectivity index (χ4v) is 2.38. The molecule has 0 aromatic heterocycles. The molecule has 0 bridgehead atoms. The van der Waals surface area contributed by atoms with Gasteiger partial charge in [-0.05, 0) is 60.9 Å². The number of aryl methyl sites for hydroxylation is 1. The van der Waals surface area contributed by atoms with Crippen LogP contribution in [0, 0.1) is 5.82 Å². The number of carbonyl (C=O) groups excluding carboxylic acids is 1. The van der Waals surface area contributed by atoms with Gasteiger partial charge < -0.3 is 16.0 Å². The van der Waals surface area contributed by atoms with Gasteiger partial charge in [-0.3, -0.25) is 0 Å². The number of rotatable bonds is 2. The van der Waals surface area contributed by atoms with E-state index in [0.29, 0.717) is 5.69 Å². The minimum absolute atomic E-state index is 0.330. The smallest absolute Gasteiger partial charge is 0.323 e. The Labute approximate surface area is 122 Å². The lowest BCUT2D eigenvalue weighted by Crippen LogP contribution is -2.20. The number of hydrogen-bond donors (Lipinski definition) is 3. The van der Waals surface area contributed by atoms with Crippen molar-refractivity contribution in [2.24, 2.45) is 0 Å². The molecule has 0 spiro atoms. The molecule has 2 amide bonds. The first-order valence-corrected chi connectivity index (χ1v) is 6.91. The minimum atomic E-state index is -0.342. The van der Waals surface area contributed by atoms with E-state index in [1.807, 2.05) is 18.2 Å². The zero-order chi connectivity index (χ0) is 14.7. The molecule has 3 rings (SSSR count). The topological polar surface area (TPSA) is 53.2 Å². The lowest BCUT2D eigenvalue weighted by Gasteiger charge is -2.18. The van der Waals surface area contributed by atoms with E-state index in [4.69, 9.17) is 0 Å². The summed E-state index contributed by atoms with van der Waals surface area (Å²) in [6.07, 6.45) is 2.11. The molecular weight excluding hydrogens is 269 g/mol. The van der Waals surface area contributed by atoms with Crippen molar-refractivity contribution in [1.82, 2.24) is 0 Å². The number of urea groups is 1. The van der Waals surface area contributed by atoms with Crippen molar-refractivity contribution >= 4 is 23.1 Å². The predicted octanol–water partition coefficient (Wildman–Crippen LogP) is 3.83. The lowest BCUT2D eigenvalue weighted by molar-refractivity contribution is 0.262. The molecule has 3 N–H and O–H groups in total. The highest BCUT2D eigenvalue weighted by atomic mass is 19.1. The van der Waals surface area contributed by atoms with Gasteiger partial charge in [-0.1, -0.05) is 0 Å². The summed E-state index contributed by atoms with van der Waals surface area (Å²) in [6.45, 7) is 0.991. The SMILES string of the molecule is O=C(Nc1ccc(F)cc1)Nc1ccc2c(c1)CCCN2. The minimum Gasteiger partial charge on any atom is -0.385 e. The number of amides is 2. The molecule has 0 fully saturated rings. The van der Waals surface area contributed by atoms with Crippen LogP contribution in [0.25, 0.3) is 0 Å². The van der Waals surface area contributed by atoms with E-state index in [9.17, 15) is 9.18 Å². The van der Waals surface area contributed by atoms with Gasteiger partial charge in [0.1, 0.15) is 5.82 Å². The third-order valence-corrected chi connectivity index (χ3v) is 3.40. The highest BCUT2D eigenvalue weighted by Gasteiger charge is 2.10. The quantitative estimate of drug-likeness (QED) is 0.785. The first-order chi connectivity index (χ1) is 10.2. The monoisotopic (exact) mass is 285 g/mol. The van der Waals surface area contributed by atoms with Crippen LogP contribution in [-0.4, -0.2) is 12.6 Å². The van der Waals surface area contributed by atoms with E-state index in [1.54, 1.807) is 0 Å². The lowest BCUT2D eigenvalue weighted by atomic mass is 10.0. The molecule has 1 heterocycles. The maximum atomic E-state index is 12.8. The van der Waals surface area contributed by atoms with E-state index in [-0.39, 0.29) is 11.8 Å². The van der Waals surface area contributed by atoms with Crippen molar-refractivity contribution in [2.45, 2.75) is 12.8 Å². The molecular formula is C16H16FN3O. The van der Waals surface area contributed by atoms with Crippen LogP contribution in [0.4, 0.5) is 26.2 Å². The first kappa shape index (κ1) is 13.4. The summed E-state index contributed by atoms with van der Waals surface area (Å²) in [5.41, 5.74) is 3.64. The third-order valence-electron chi connectivity index (χ3n) is 3.40. The van der Waals surface area contributed by atoms with Gasteiger partial charge in [-0.2, -0.15) is 0 Å². The number of anilines is 3. The fraction of sp³-hybridized carbons (Fsp3) is 0.188. The van der Waals surface area contributed by atoms with Crippen LogP contribution in [0.3, 0.4) is 0 Å². The van der Waals surface area contributed by atoms with E-state index in [0.717, 1.165) is 30.8 Å². The molecule has 2 aromatic rings. The second kappa shape index (κ2) is 5.83. The number of benzene rings is 2. The van der Waals surface area contributed by atoms with Crippen LogP contribution in [0.15, 0.2) is 42.5 Å². The number of fused-ring (bicyclic) bond motifs is 1. The normalized spacial score (nSPS) is 13.0. The Morgan fingerprint density at radius 3 is 2.57 bits per heavy atom. The molecule has 0 aliphatic carbocycles. The average Bonchev–Trinajstić information content (AvgIpc) is 2.49. The first-order valence-electron chi connectivity index (χ1n) is 6.91. The van der Waals surface area contributed by atoms with Crippen molar-refractivity contribution in [1.29, 1.82) is 0 Å². The average molecular weight is 285 g/mol. The number of halogens is 1. The van der Waals surface area contributed by atoms with Gasteiger partial charge in [0, 0.05) is 23.6 Å². The van der Waals surface area contributed by atoms with Gasteiger partial charge in [-0.25, -0.2) is 9.18 Å². The Kier molecular flexibility index (Phi) is 3.73. The molecule has 4 nitrogen and oxygen atoms in total. The van der Waals surface area contributed by atoms with Crippen LogP contribution in [0.1, 0.15) is 12.0 Å². The summed E-state index contributed by atoms with van der Waals surface area (Å²) in [5, 5.41) is 8.77. The molecule has 0 radical (unpaired) electrons. The summed E-state index contributed by atoms with van der Waals surface area (Å²) < 4.78 is 12.8. The van der Waals surface area contributed by atoms with E-state index >= 15 is 0 Å². The van der Waals surface area contributed by atoms with Crippen LogP contribution in [0.2, 0.25) is 0 Å². The molecule has 0 atom stereocenters. The standard InChI is InChI=1S/C16H16FN3O/c17-12-3-5-13(6-4-12)19-16(21)20-14-7-8-15-11(10-14)2-1-9-18-15/h3-8,10,18H,1-2,9H2,(H2,19,20,21). The maximum absolute atomic E-state index is 12.8. The van der Waals surface area contributed by atoms with Crippen LogP contribution in [-0.2, 0) is 6.42 Å². The maximum Gasteiger partial charge on any atom is 0.323 e. The third kappa shape index (κ3) is 3.31. The second-order valence-electron chi connectivity index (χ2n) is 4.99. The van der Waals surface area contributed by atoms with Crippen molar-refractivity contribution < 1.29 is 9.18 Å². The number of nitrogens with one attached hydrogen (secondary N) is 3. The molecule has 0 unspecified atom stereocenters. The molecule has 0 saturated heterocycles. The van der Waals surface area contributed by atoms with Crippen molar-refractivity contribution in [2.75, 3.05) is 22.5 Å². The molecule has 5 heteroatoms. The van der Waals surface area contributed by atoms with Crippen molar-refractivity contribution in [3.8, 4) is 0 Å². The molecule has 0 saturated carbocycles. The Balaban J connectivity index is 1.65. The number of hydrogen-bond acceptors (Lipinski definition) is 2. The highest BCUT2D eigenvalue weighted by molar-refractivity contribution is 5.99. The van der Waals surface area contributed by atoms with Gasteiger partial charge >= 0.3 is 6.03 Å². The summed E-state index contributed by atoms with van der Waals surface area (Å²) in [7, 11) is 0. The predicted molar refractivity (Wildman–Crippen MR) is 82.3 cm³/mol. The van der Waals surface area contributed by atoms with E-state index < -0.39 is 0 Å². The Bertz CT molecular complexity index is 655.